The molecule has 4 heteroatoms. The van der Waals surface area contributed by atoms with Gasteiger partial charge in [-0.25, -0.2) is 9.50 Å². The fourth-order valence-corrected chi connectivity index (χ4v) is 1.68. The molecule has 68 valence electrons. The molecule has 0 N–H and O–H groups in total. The van der Waals surface area contributed by atoms with Crippen molar-refractivity contribution in [1.29, 1.82) is 0 Å². The summed E-state index contributed by atoms with van der Waals surface area (Å²) in [5.41, 5.74) is 4.29. The number of fused-ring (bicyclic) bond motifs is 1. The van der Waals surface area contributed by atoms with Crippen LogP contribution in [0.2, 0.25) is 0 Å². The maximum atomic E-state index is 4.45. The summed E-state index contributed by atoms with van der Waals surface area (Å²) in [6.07, 6.45) is 1.77. The molecule has 2 aromatic rings. The molecule has 3 nitrogen and oxygen atoms in total. The third-order valence-corrected chi connectivity index (χ3v) is 2.94. The van der Waals surface area contributed by atoms with Gasteiger partial charge in [-0.1, -0.05) is 0 Å². The van der Waals surface area contributed by atoms with Crippen LogP contribution in [0.25, 0.3) is 5.65 Å². The number of halogens is 1. The second kappa shape index (κ2) is 2.80. The van der Waals surface area contributed by atoms with Crippen LogP contribution in [0.1, 0.15) is 17.0 Å². The van der Waals surface area contributed by atoms with Crippen LogP contribution in [0, 0.1) is 20.8 Å². The topological polar surface area (TPSA) is 30.2 Å². The first-order valence-electron chi connectivity index (χ1n) is 4.08. The van der Waals surface area contributed by atoms with Gasteiger partial charge in [0.1, 0.15) is 0 Å². The van der Waals surface area contributed by atoms with Gasteiger partial charge >= 0.3 is 0 Å². The van der Waals surface area contributed by atoms with Gasteiger partial charge in [-0.3, -0.25) is 0 Å². The monoisotopic (exact) mass is 239 g/mol. The van der Waals surface area contributed by atoms with E-state index >= 15 is 0 Å². The third kappa shape index (κ3) is 1.16. The highest BCUT2D eigenvalue weighted by Crippen LogP contribution is 2.19. The molecular weight excluding hydrogens is 230 g/mol. The van der Waals surface area contributed by atoms with Crippen molar-refractivity contribution >= 4 is 21.6 Å². The zero-order valence-electron chi connectivity index (χ0n) is 7.80. The van der Waals surface area contributed by atoms with Crippen molar-refractivity contribution in [1.82, 2.24) is 14.6 Å². The Morgan fingerprint density at radius 1 is 1.31 bits per heavy atom. The summed E-state index contributed by atoms with van der Waals surface area (Å²) in [7, 11) is 0. The van der Waals surface area contributed by atoms with E-state index < -0.39 is 0 Å². The molecule has 0 amide bonds. The molecule has 0 saturated heterocycles. The second-order valence-electron chi connectivity index (χ2n) is 3.14. The van der Waals surface area contributed by atoms with Crippen molar-refractivity contribution in [3.05, 3.63) is 27.6 Å². The smallest absolute Gasteiger partial charge is 0.169 e. The van der Waals surface area contributed by atoms with Crippen LogP contribution >= 0.6 is 15.9 Å². The van der Waals surface area contributed by atoms with Gasteiger partial charge in [0.2, 0.25) is 0 Å². The minimum absolute atomic E-state index is 0.889. The third-order valence-electron chi connectivity index (χ3n) is 2.38. The number of aromatic nitrogens is 3. The molecule has 0 fully saturated rings. The van der Waals surface area contributed by atoms with Crippen LogP contribution in [-0.2, 0) is 0 Å². The lowest BCUT2D eigenvalue weighted by molar-refractivity contribution is 0.869. The van der Waals surface area contributed by atoms with E-state index in [2.05, 4.69) is 39.9 Å². The van der Waals surface area contributed by atoms with E-state index in [0.29, 0.717) is 0 Å². The van der Waals surface area contributed by atoms with E-state index in [1.54, 1.807) is 6.20 Å². The van der Waals surface area contributed by atoms with E-state index in [4.69, 9.17) is 0 Å². The Morgan fingerprint density at radius 2 is 2.00 bits per heavy atom. The van der Waals surface area contributed by atoms with Gasteiger partial charge in [-0.15, -0.1) is 0 Å². The largest absolute Gasteiger partial charge is 0.233 e. The molecule has 2 aromatic heterocycles. The van der Waals surface area contributed by atoms with Crippen molar-refractivity contribution < 1.29 is 0 Å². The number of hydrogen-bond acceptors (Lipinski definition) is 2. The highest BCUT2D eigenvalue weighted by Gasteiger charge is 2.08. The normalized spacial score (nSPS) is 11.1. The Kier molecular flexibility index (Phi) is 1.87. The minimum Gasteiger partial charge on any atom is -0.233 e. The average molecular weight is 240 g/mol. The number of aryl methyl sites for hydroxylation is 2. The molecule has 0 aliphatic rings. The Balaban J connectivity index is 2.96. The van der Waals surface area contributed by atoms with E-state index in [1.807, 2.05) is 11.4 Å². The van der Waals surface area contributed by atoms with E-state index in [-0.39, 0.29) is 0 Å². The van der Waals surface area contributed by atoms with Crippen LogP contribution < -0.4 is 0 Å². The van der Waals surface area contributed by atoms with Crippen molar-refractivity contribution in [2.24, 2.45) is 0 Å². The molecule has 0 atom stereocenters. The zero-order valence-corrected chi connectivity index (χ0v) is 9.38. The van der Waals surface area contributed by atoms with Crippen molar-refractivity contribution in [2.45, 2.75) is 20.8 Å². The number of hydrogen-bond donors (Lipinski definition) is 0. The summed E-state index contributed by atoms with van der Waals surface area (Å²) < 4.78 is 2.80. The molecule has 2 heterocycles. The summed E-state index contributed by atoms with van der Waals surface area (Å²) in [6.45, 7) is 6.13. The number of rotatable bonds is 0. The lowest BCUT2D eigenvalue weighted by Crippen LogP contribution is -2.01. The first-order valence-corrected chi connectivity index (χ1v) is 4.87. The maximum Gasteiger partial charge on any atom is 0.169 e. The van der Waals surface area contributed by atoms with Gasteiger partial charge in [-0.2, -0.15) is 5.10 Å². The van der Waals surface area contributed by atoms with Gasteiger partial charge in [0.25, 0.3) is 0 Å². The first kappa shape index (κ1) is 8.69. The average Bonchev–Trinajstić information content (AvgIpc) is 2.45. The lowest BCUT2D eigenvalue weighted by Gasteiger charge is -2.05. The molecule has 0 aromatic carbocycles. The van der Waals surface area contributed by atoms with Gasteiger partial charge in [0, 0.05) is 11.4 Å². The highest BCUT2D eigenvalue weighted by molar-refractivity contribution is 9.10. The summed E-state index contributed by atoms with van der Waals surface area (Å²) in [5, 5.41) is 4.23. The first-order chi connectivity index (χ1) is 6.11. The van der Waals surface area contributed by atoms with Crippen LogP contribution in [0.5, 0.6) is 0 Å². The Labute approximate surface area is 84.9 Å². The Bertz CT molecular complexity index is 473. The fraction of sp³-hybridized carbons (Fsp3) is 0.333. The fourth-order valence-electron chi connectivity index (χ4n) is 1.33. The van der Waals surface area contributed by atoms with Gasteiger partial charge < -0.3 is 0 Å². The quantitative estimate of drug-likeness (QED) is 0.707. The van der Waals surface area contributed by atoms with Crippen LogP contribution in [0.4, 0.5) is 0 Å². The van der Waals surface area contributed by atoms with Crippen LogP contribution in [0.3, 0.4) is 0 Å². The SMILES string of the molecule is Cc1nc2c(Br)cnn2c(C)c1C. The molecule has 0 bridgehead atoms. The standard InChI is InChI=1S/C9H10BrN3/c1-5-6(2)12-9-8(10)4-11-13(9)7(5)3/h4H,1-3H3. The molecular formula is C9H10BrN3. The van der Waals surface area contributed by atoms with E-state index in [9.17, 15) is 0 Å². The highest BCUT2D eigenvalue weighted by atomic mass is 79.9. The summed E-state index contributed by atoms with van der Waals surface area (Å²) in [6, 6.07) is 0. The van der Waals surface area contributed by atoms with Gasteiger partial charge in [-0.05, 0) is 42.3 Å². The Morgan fingerprint density at radius 3 is 2.69 bits per heavy atom. The molecule has 0 aliphatic carbocycles. The minimum atomic E-state index is 0.889. The van der Waals surface area contributed by atoms with Crippen molar-refractivity contribution in [2.75, 3.05) is 0 Å². The van der Waals surface area contributed by atoms with Crippen molar-refractivity contribution in [3.63, 3.8) is 0 Å². The summed E-state index contributed by atoms with van der Waals surface area (Å²) in [5.74, 6) is 0. The van der Waals surface area contributed by atoms with Crippen molar-refractivity contribution in [3.8, 4) is 0 Å². The maximum absolute atomic E-state index is 4.45. The molecule has 0 radical (unpaired) electrons. The predicted octanol–water partition coefficient (Wildman–Crippen LogP) is 2.42. The van der Waals surface area contributed by atoms with Gasteiger partial charge in [0.05, 0.1) is 10.7 Å². The lowest BCUT2D eigenvalue weighted by atomic mass is 10.2. The number of nitrogens with zero attached hydrogens (tertiary/aromatic N) is 3. The molecule has 0 spiro atoms. The molecule has 0 saturated carbocycles. The van der Waals surface area contributed by atoms with E-state index in [1.165, 1.54) is 5.56 Å². The predicted molar refractivity (Wildman–Crippen MR) is 54.9 cm³/mol. The zero-order chi connectivity index (χ0) is 9.59. The molecule has 2 rings (SSSR count). The van der Waals surface area contributed by atoms with Crippen LogP contribution in [0.15, 0.2) is 10.7 Å². The molecule has 13 heavy (non-hydrogen) atoms. The Hall–Kier alpha value is -0.900. The second-order valence-corrected chi connectivity index (χ2v) is 3.99. The summed E-state index contributed by atoms with van der Waals surface area (Å²) in [4.78, 5) is 4.45. The van der Waals surface area contributed by atoms with E-state index in [0.717, 1.165) is 21.5 Å². The van der Waals surface area contributed by atoms with Gasteiger partial charge in [0.15, 0.2) is 5.65 Å². The molecule has 0 aliphatic heterocycles. The molecule has 0 unspecified atom stereocenters. The summed E-state index contributed by atoms with van der Waals surface area (Å²) >= 11 is 3.41. The van der Waals surface area contributed by atoms with Crippen LogP contribution in [-0.4, -0.2) is 14.6 Å².